The third kappa shape index (κ3) is 4.98. The summed E-state index contributed by atoms with van der Waals surface area (Å²) in [5, 5.41) is 30.1. The number of hydrogen-bond acceptors (Lipinski definition) is 7. The van der Waals surface area contributed by atoms with Crippen LogP contribution in [0.15, 0.2) is 65.5 Å². The van der Waals surface area contributed by atoms with Crippen LogP contribution in [-0.2, 0) is 6.54 Å². The Morgan fingerprint density at radius 3 is 2.56 bits per heavy atom. The zero-order valence-electron chi connectivity index (χ0n) is 19.4. The molecule has 2 aromatic heterocycles. The maximum atomic E-state index is 10.8. The number of aliphatic hydroxyl groups excluding tert-OH is 1. The second-order valence-corrected chi connectivity index (χ2v) is 9.07. The molecule has 0 aliphatic heterocycles. The minimum Gasteiger partial charge on any atom is -0.510 e. The van der Waals surface area contributed by atoms with Crippen LogP contribution in [0.25, 0.3) is 16.6 Å². The fourth-order valence-corrected chi connectivity index (χ4v) is 4.70. The Morgan fingerprint density at radius 1 is 1.15 bits per heavy atom. The van der Waals surface area contributed by atoms with E-state index in [9.17, 15) is 10.4 Å². The summed E-state index contributed by atoms with van der Waals surface area (Å²) in [7, 11) is 4.06. The average molecular weight is 474 g/mol. The summed E-state index contributed by atoms with van der Waals surface area (Å²) in [4.78, 5) is 9.69. The van der Waals surface area contributed by atoms with Gasteiger partial charge in [-0.05, 0) is 38.2 Å². The summed E-state index contributed by atoms with van der Waals surface area (Å²) in [6, 6.07) is 19.9. The maximum Gasteiger partial charge on any atom is 0.192 e. The summed E-state index contributed by atoms with van der Waals surface area (Å²) >= 11 is 1.35. The number of thioether (sulfide) groups is 1. The lowest BCUT2D eigenvalue weighted by Crippen LogP contribution is -2.23. The topological polar surface area (TPSA) is 107 Å². The number of rotatable bonds is 9. The molecule has 8 nitrogen and oxygen atoms in total. The predicted octanol–water partition coefficient (Wildman–Crippen LogP) is 4.80. The average Bonchev–Trinajstić information content (AvgIpc) is 3.43. The number of imidazole rings is 1. The van der Waals surface area contributed by atoms with Gasteiger partial charge in [0.05, 0.1) is 29.4 Å². The van der Waals surface area contributed by atoms with Crippen LogP contribution < -0.4 is 0 Å². The van der Waals surface area contributed by atoms with E-state index in [0.29, 0.717) is 17.5 Å². The molecule has 0 amide bonds. The number of nitriles is 1. The molecule has 0 spiro atoms. The number of allylic oxidation sites excluding steroid dienone is 1. The molecule has 1 atom stereocenters. The van der Waals surface area contributed by atoms with Gasteiger partial charge in [-0.1, -0.05) is 61.2 Å². The molecule has 4 aromatic rings. The van der Waals surface area contributed by atoms with Crippen molar-refractivity contribution in [3.05, 3.63) is 77.6 Å². The molecule has 0 aliphatic rings. The van der Waals surface area contributed by atoms with Gasteiger partial charge in [0.2, 0.25) is 0 Å². The minimum absolute atomic E-state index is 0.0537. The quantitative estimate of drug-likeness (QED) is 0.204. The first-order chi connectivity index (χ1) is 16.5. The summed E-state index contributed by atoms with van der Waals surface area (Å²) in [6.07, 6.45) is 0.889. The van der Waals surface area contributed by atoms with E-state index in [-0.39, 0.29) is 23.1 Å². The van der Waals surface area contributed by atoms with Crippen molar-refractivity contribution in [1.29, 1.82) is 5.26 Å². The number of nitrogens with one attached hydrogen (secondary N) is 1. The largest absolute Gasteiger partial charge is 0.510 e. The lowest BCUT2D eigenvalue weighted by atomic mass is 10.2. The number of fused-ring (bicyclic) bond motifs is 1. The van der Waals surface area contributed by atoms with E-state index in [4.69, 9.17) is 0 Å². The molecular formula is C25H27N7OS. The molecule has 0 unspecified atom stereocenters. The first-order valence-corrected chi connectivity index (χ1v) is 12.0. The Kier molecular flexibility index (Phi) is 7.30. The fraction of sp³-hybridized carbons (Fsp3) is 0.280. The third-order valence-corrected chi connectivity index (χ3v) is 6.58. The molecule has 0 saturated heterocycles. The van der Waals surface area contributed by atoms with E-state index < -0.39 is 0 Å². The Morgan fingerprint density at radius 2 is 1.88 bits per heavy atom. The van der Waals surface area contributed by atoms with E-state index >= 15 is 0 Å². The molecule has 34 heavy (non-hydrogen) atoms. The molecule has 174 valence electrons. The van der Waals surface area contributed by atoms with E-state index in [0.717, 1.165) is 28.8 Å². The number of para-hydroxylation sites is 2. The second-order valence-electron chi connectivity index (χ2n) is 8.12. The van der Waals surface area contributed by atoms with Crippen LogP contribution in [0.1, 0.15) is 36.6 Å². The zero-order valence-corrected chi connectivity index (χ0v) is 20.3. The second kappa shape index (κ2) is 10.5. The van der Waals surface area contributed by atoms with Crippen LogP contribution >= 0.6 is 11.8 Å². The number of nitrogens with zero attached hydrogens (tertiary/aromatic N) is 6. The Hall–Kier alpha value is -3.61. The van der Waals surface area contributed by atoms with Gasteiger partial charge in [-0.2, -0.15) is 5.26 Å². The van der Waals surface area contributed by atoms with Crippen molar-refractivity contribution >= 4 is 28.4 Å². The van der Waals surface area contributed by atoms with Gasteiger partial charge < -0.3 is 14.7 Å². The maximum absolute atomic E-state index is 10.8. The molecule has 2 aromatic carbocycles. The van der Waals surface area contributed by atoms with Crippen molar-refractivity contribution in [2.24, 2.45) is 0 Å². The first kappa shape index (κ1) is 23.5. The van der Waals surface area contributed by atoms with Crippen molar-refractivity contribution in [1.82, 2.24) is 29.6 Å². The van der Waals surface area contributed by atoms with E-state index in [1.54, 1.807) is 0 Å². The highest BCUT2D eigenvalue weighted by molar-refractivity contribution is 7.99. The highest BCUT2D eigenvalue weighted by Crippen LogP contribution is 2.28. The minimum atomic E-state index is -0.0537. The molecule has 2 N–H and O–H groups in total. The summed E-state index contributed by atoms with van der Waals surface area (Å²) < 4.78 is 2.09. The van der Waals surface area contributed by atoms with Crippen molar-refractivity contribution < 1.29 is 5.11 Å². The van der Waals surface area contributed by atoms with Gasteiger partial charge in [0, 0.05) is 0 Å². The van der Waals surface area contributed by atoms with Crippen LogP contribution in [0.3, 0.4) is 0 Å². The lowest BCUT2D eigenvalue weighted by Gasteiger charge is -2.23. The molecule has 9 heteroatoms. The molecule has 0 fully saturated rings. The van der Waals surface area contributed by atoms with Gasteiger partial charge in [-0.3, -0.25) is 4.90 Å². The molecule has 0 saturated carbocycles. The van der Waals surface area contributed by atoms with Gasteiger partial charge in [0.15, 0.2) is 16.8 Å². The number of aromatic amines is 1. The number of H-pyrrole nitrogens is 1. The fourth-order valence-electron chi connectivity index (χ4n) is 3.88. The Labute approximate surface area is 203 Å². The Balaban J connectivity index is 1.63. The highest BCUT2D eigenvalue weighted by atomic mass is 32.2. The van der Waals surface area contributed by atoms with E-state index in [1.807, 2.05) is 56.6 Å². The SMILES string of the molecule is CC[C@H](c1nnc(SCC(O)=C(C#N)c2nc3ccccc3[nH]2)n1Cc1ccccc1)N(C)C. The van der Waals surface area contributed by atoms with Gasteiger partial charge in [0.1, 0.15) is 17.4 Å². The molecule has 2 heterocycles. The molecule has 0 bridgehead atoms. The molecule has 0 aliphatic carbocycles. The highest BCUT2D eigenvalue weighted by Gasteiger charge is 2.23. The van der Waals surface area contributed by atoms with Gasteiger partial charge >= 0.3 is 0 Å². The number of hydrogen-bond donors (Lipinski definition) is 2. The zero-order chi connectivity index (χ0) is 24.1. The van der Waals surface area contributed by atoms with Crippen LogP contribution in [0.5, 0.6) is 0 Å². The normalized spacial score (nSPS) is 13.1. The van der Waals surface area contributed by atoms with Gasteiger partial charge in [0.25, 0.3) is 0 Å². The van der Waals surface area contributed by atoms with Gasteiger partial charge in [-0.15, -0.1) is 10.2 Å². The van der Waals surface area contributed by atoms with E-state index in [1.165, 1.54) is 11.8 Å². The van der Waals surface area contributed by atoms with Crippen molar-refractivity contribution in [3.63, 3.8) is 0 Å². The predicted molar refractivity (Wildman–Crippen MR) is 134 cm³/mol. The Bertz CT molecular complexity index is 1300. The van der Waals surface area contributed by atoms with Crippen LogP contribution in [0.2, 0.25) is 0 Å². The third-order valence-electron chi connectivity index (χ3n) is 5.60. The smallest absolute Gasteiger partial charge is 0.192 e. The monoisotopic (exact) mass is 473 g/mol. The van der Waals surface area contributed by atoms with Crippen LogP contribution in [0, 0.1) is 11.3 Å². The summed E-state index contributed by atoms with van der Waals surface area (Å²) in [5.41, 5.74) is 2.82. The van der Waals surface area contributed by atoms with Crippen molar-refractivity contribution in [2.75, 3.05) is 19.8 Å². The standard InChI is InChI=1S/C25H27N7OS/c1-4-21(31(2)3)24-29-30-25(32(24)15-17-10-6-5-7-11-17)34-16-22(33)18(14-26)23-27-19-12-8-9-13-20(19)28-23/h5-13,21,33H,4,15-16H2,1-3H3,(H,27,28)/t21-/m1/s1. The van der Waals surface area contributed by atoms with Crippen LogP contribution in [-0.4, -0.2) is 54.6 Å². The van der Waals surface area contributed by atoms with Gasteiger partial charge in [-0.25, -0.2) is 4.98 Å². The number of aromatic nitrogens is 5. The summed E-state index contributed by atoms with van der Waals surface area (Å²) in [5.74, 6) is 1.35. The van der Waals surface area contributed by atoms with Crippen molar-refractivity contribution in [3.8, 4) is 6.07 Å². The molecule has 0 radical (unpaired) electrons. The van der Waals surface area contributed by atoms with E-state index in [2.05, 4.69) is 54.8 Å². The molecule has 4 rings (SSSR count). The number of benzene rings is 2. The van der Waals surface area contributed by atoms with Crippen LogP contribution in [0.4, 0.5) is 0 Å². The summed E-state index contributed by atoms with van der Waals surface area (Å²) in [6.45, 7) is 2.75. The number of aliphatic hydroxyl groups is 1. The first-order valence-electron chi connectivity index (χ1n) is 11.0. The van der Waals surface area contributed by atoms with Crippen molar-refractivity contribution in [2.45, 2.75) is 31.1 Å². The lowest BCUT2D eigenvalue weighted by molar-refractivity contribution is 0.272. The molecular weight excluding hydrogens is 446 g/mol.